The number of allylic oxidation sites excluding steroid dienone is 4. The van der Waals surface area contributed by atoms with Crippen LogP contribution in [0, 0.1) is 0 Å². The molecule has 0 bridgehead atoms. The van der Waals surface area contributed by atoms with Crippen LogP contribution in [0.4, 0.5) is 0 Å². The molecule has 69 heavy (non-hydrogen) atoms. The Balaban J connectivity index is 2.19. The summed E-state index contributed by atoms with van der Waals surface area (Å²) in [7, 11) is 0. The van der Waals surface area contributed by atoms with Gasteiger partial charge in [-0.05, 0) is 64.2 Å². The van der Waals surface area contributed by atoms with E-state index in [-0.39, 0.29) is 32.0 Å². The Labute approximate surface area is 423 Å². The molecular weight excluding hydrogens is 869 g/mol. The van der Waals surface area contributed by atoms with Gasteiger partial charge in [-0.1, -0.05) is 231 Å². The van der Waals surface area contributed by atoms with Crippen molar-refractivity contribution in [1.29, 1.82) is 0 Å². The lowest BCUT2D eigenvalue weighted by Crippen LogP contribution is -2.59. The maximum Gasteiger partial charge on any atom is 0.306 e. The van der Waals surface area contributed by atoms with Crippen molar-refractivity contribution in [2.45, 2.75) is 320 Å². The van der Waals surface area contributed by atoms with E-state index in [0.29, 0.717) is 6.42 Å². The van der Waals surface area contributed by atoms with Crippen LogP contribution >= 0.6 is 0 Å². The molecule has 1 saturated heterocycles. The third kappa shape index (κ3) is 40.4. The van der Waals surface area contributed by atoms with E-state index in [1.54, 1.807) is 0 Å². The number of ether oxygens (including phenoxy) is 4. The van der Waals surface area contributed by atoms with Crippen molar-refractivity contribution in [2.24, 2.45) is 0 Å². The molecule has 10 nitrogen and oxygen atoms in total. The summed E-state index contributed by atoms with van der Waals surface area (Å²) in [5.74, 6) is -0.795. The number of hydrogen-bond donors (Lipinski definition) is 4. The molecule has 0 radical (unpaired) electrons. The highest BCUT2D eigenvalue weighted by Crippen LogP contribution is 2.23. The zero-order valence-electron chi connectivity index (χ0n) is 44.8. The molecule has 4 N–H and O–H groups in total. The monoisotopic (exact) mass is 979 g/mol. The zero-order chi connectivity index (χ0) is 50.1. The Morgan fingerprint density at radius 2 is 0.768 bits per heavy atom. The molecule has 0 aromatic heterocycles. The molecule has 0 saturated carbocycles. The van der Waals surface area contributed by atoms with Crippen molar-refractivity contribution >= 4 is 11.9 Å². The molecule has 10 heteroatoms. The highest BCUT2D eigenvalue weighted by molar-refractivity contribution is 5.70. The molecule has 1 rings (SSSR count). The first-order valence-electron chi connectivity index (χ1n) is 29.4. The number of hydrogen-bond acceptors (Lipinski definition) is 10. The molecule has 0 aromatic rings. The quantitative estimate of drug-likeness (QED) is 0.0263. The Morgan fingerprint density at radius 3 is 1.13 bits per heavy atom. The highest BCUT2D eigenvalue weighted by atomic mass is 16.7. The zero-order valence-corrected chi connectivity index (χ0v) is 44.8. The fourth-order valence-corrected chi connectivity index (χ4v) is 9.18. The minimum Gasteiger partial charge on any atom is -0.462 e. The lowest BCUT2D eigenvalue weighted by Gasteiger charge is -2.39. The van der Waals surface area contributed by atoms with E-state index < -0.39 is 49.4 Å². The first-order valence-corrected chi connectivity index (χ1v) is 29.4. The Hall–Kier alpha value is -1.82. The van der Waals surface area contributed by atoms with E-state index in [2.05, 4.69) is 38.2 Å². The van der Waals surface area contributed by atoms with Gasteiger partial charge in [0.1, 0.15) is 31.0 Å². The van der Waals surface area contributed by atoms with Gasteiger partial charge in [0.2, 0.25) is 0 Å². The molecule has 6 unspecified atom stereocenters. The summed E-state index contributed by atoms with van der Waals surface area (Å²) in [6.07, 6.45) is 51.9. The number of aliphatic hydroxyl groups excluding tert-OH is 4. The van der Waals surface area contributed by atoms with Crippen molar-refractivity contribution in [3.8, 4) is 0 Å². The van der Waals surface area contributed by atoms with Crippen molar-refractivity contribution in [3.05, 3.63) is 24.3 Å². The number of carbonyl (C=O) groups excluding carboxylic acids is 2. The predicted molar refractivity (Wildman–Crippen MR) is 284 cm³/mol. The number of carbonyl (C=O) groups is 2. The van der Waals surface area contributed by atoms with Crippen LogP contribution in [-0.2, 0) is 28.5 Å². The van der Waals surface area contributed by atoms with Crippen molar-refractivity contribution < 1.29 is 49.0 Å². The molecular formula is C59H110O10. The third-order valence-corrected chi connectivity index (χ3v) is 13.8. The van der Waals surface area contributed by atoms with Crippen LogP contribution < -0.4 is 0 Å². The van der Waals surface area contributed by atoms with Gasteiger partial charge >= 0.3 is 11.9 Å². The maximum absolute atomic E-state index is 12.9. The summed E-state index contributed by atoms with van der Waals surface area (Å²) in [5, 5.41) is 40.3. The topological polar surface area (TPSA) is 152 Å². The SMILES string of the molecule is CCCCCCCCCC/C=C\CCCCCCCCCCCCCC(=O)OC(COC(=O)CCCCCCCCCCC/C=C\CCCCCCCCCC)COC1OC(CO)C(O)C(O)C1O. The summed E-state index contributed by atoms with van der Waals surface area (Å²) in [5.41, 5.74) is 0. The minimum absolute atomic E-state index is 0.215. The van der Waals surface area contributed by atoms with Crippen molar-refractivity contribution in [3.63, 3.8) is 0 Å². The average Bonchev–Trinajstić information content (AvgIpc) is 3.35. The minimum atomic E-state index is -1.59. The third-order valence-electron chi connectivity index (χ3n) is 13.8. The summed E-state index contributed by atoms with van der Waals surface area (Å²) < 4.78 is 22.3. The molecule has 0 amide bonds. The maximum atomic E-state index is 12.9. The summed E-state index contributed by atoms with van der Waals surface area (Å²) in [6.45, 7) is 3.48. The number of aliphatic hydroxyl groups is 4. The van der Waals surface area contributed by atoms with E-state index in [1.165, 1.54) is 212 Å². The smallest absolute Gasteiger partial charge is 0.306 e. The highest BCUT2D eigenvalue weighted by Gasteiger charge is 2.44. The lowest BCUT2D eigenvalue weighted by molar-refractivity contribution is -0.305. The van der Waals surface area contributed by atoms with Gasteiger partial charge in [0.15, 0.2) is 12.4 Å². The average molecular weight is 980 g/mol. The standard InChI is InChI=1S/C59H110O10/c1-3-5-7-9-11-13-15-17-19-21-23-25-26-28-30-32-34-36-38-40-42-44-46-48-55(62)68-52(51-67-59-58(65)57(64)56(63)53(49-60)69-59)50-66-54(61)47-45-43-41-39-37-35-33-31-29-27-24-22-20-18-16-14-12-10-8-6-4-2/h21-24,52-53,56-60,63-65H,3-20,25-51H2,1-2H3/b23-21-,24-22-. The fraction of sp³-hybridized carbons (Fsp3) is 0.898. The van der Waals surface area contributed by atoms with Crippen LogP contribution in [0.25, 0.3) is 0 Å². The molecule has 0 aliphatic carbocycles. The molecule has 1 aliphatic rings. The van der Waals surface area contributed by atoms with Gasteiger partial charge in [0, 0.05) is 12.8 Å². The molecule has 406 valence electrons. The van der Waals surface area contributed by atoms with Crippen LogP contribution in [-0.4, -0.2) is 89.0 Å². The van der Waals surface area contributed by atoms with Crippen molar-refractivity contribution in [1.82, 2.24) is 0 Å². The molecule has 1 fully saturated rings. The van der Waals surface area contributed by atoms with Crippen LogP contribution in [0.1, 0.15) is 284 Å². The van der Waals surface area contributed by atoms with Crippen LogP contribution in [0.3, 0.4) is 0 Å². The van der Waals surface area contributed by atoms with E-state index in [9.17, 15) is 30.0 Å². The van der Waals surface area contributed by atoms with Gasteiger partial charge in [-0.25, -0.2) is 0 Å². The van der Waals surface area contributed by atoms with E-state index in [1.807, 2.05) is 0 Å². The molecule has 1 aliphatic heterocycles. The molecule has 1 heterocycles. The van der Waals surface area contributed by atoms with E-state index in [4.69, 9.17) is 18.9 Å². The Kier molecular flexibility index (Phi) is 47.0. The van der Waals surface area contributed by atoms with E-state index in [0.717, 1.165) is 38.5 Å². The van der Waals surface area contributed by atoms with E-state index >= 15 is 0 Å². The van der Waals surface area contributed by atoms with Gasteiger partial charge in [-0.15, -0.1) is 0 Å². The van der Waals surface area contributed by atoms with Gasteiger partial charge < -0.3 is 39.4 Å². The van der Waals surface area contributed by atoms with Gasteiger partial charge in [-0.3, -0.25) is 9.59 Å². The number of unbranched alkanes of at least 4 members (excludes halogenated alkanes) is 36. The molecule has 0 aromatic carbocycles. The van der Waals surface area contributed by atoms with Gasteiger partial charge in [0.25, 0.3) is 0 Å². The second-order valence-corrected chi connectivity index (χ2v) is 20.4. The second-order valence-electron chi connectivity index (χ2n) is 20.4. The van der Waals surface area contributed by atoms with Crippen LogP contribution in [0.15, 0.2) is 24.3 Å². The largest absolute Gasteiger partial charge is 0.462 e. The van der Waals surface area contributed by atoms with Crippen LogP contribution in [0.2, 0.25) is 0 Å². The normalized spacial score (nSPS) is 19.0. The lowest BCUT2D eigenvalue weighted by atomic mass is 9.99. The predicted octanol–water partition coefficient (Wildman–Crippen LogP) is 14.8. The summed E-state index contributed by atoms with van der Waals surface area (Å²) in [6, 6.07) is 0. The Bertz CT molecular complexity index is 1180. The molecule has 0 spiro atoms. The molecule has 6 atom stereocenters. The second kappa shape index (κ2) is 49.7. The van der Waals surface area contributed by atoms with Gasteiger partial charge in [-0.2, -0.15) is 0 Å². The first-order chi connectivity index (χ1) is 33.8. The Morgan fingerprint density at radius 1 is 0.435 bits per heavy atom. The number of esters is 2. The van der Waals surface area contributed by atoms with Gasteiger partial charge in [0.05, 0.1) is 13.2 Å². The van der Waals surface area contributed by atoms with Crippen molar-refractivity contribution in [2.75, 3.05) is 19.8 Å². The van der Waals surface area contributed by atoms with Crippen LogP contribution in [0.5, 0.6) is 0 Å². The summed E-state index contributed by atoms with van der Waals surface area (Å²) in [4.78, 5) is 25.6. The number of rotatable bonds is 51. The first kappa shape index (κ1) is 65.2. The summed E-state index contributed by atoms with van der Waals surface area (Å²) >= 11 is 0. The fourth-order valence-electron chi connectivity index (χ4n) is 9.18.